The summed E-state index contributed by atoms with van der Waals surface area (Å²) in [7, 11) is 0. The van der Waals surface area contributed by atoms with E-state index in [0.717, 1.165) is 0 Å². The highest BCUT2D eigenvalue weighted by Gasteiger charge is 2.28. The predicted octanol–water partition coefficient (Wildman–Crippen LogP) is 2.70. The lowest BCUT2D eigenvalue weighted by Crippen LogP contribution is -2.24. The first-order chi connectivity index (χ1) is 6.66. The van der Waals surface area contributed by atoms with Gasteiger partial charge in [0.25, 0.3) is 0 Å². The molecule has 0 saturated carbocycles. The second-order valence-corrected chi connectivity index (χ2v) is 4.86. The highest BCUT2D eigenvalue weighted by molar-refractivity contribution is 8.14. The number of rotatable bonds is 1. The monoisotopic (exact) mass is 206 g/mol. The van der Waals surface area contributed by atoms with Crippen molar-refractivity contribution in [3.63, 3.8) is 0 Å². The van der Waals surface area contributed by atoms with Gasteiger partial charge >= 0.3 is 0 Å². The van der Waals surface area contributed by atoms with Crippen molar-refractivity contribution in [2.45, 2.75) is 25.1 Å². The van der Waals surface area contributed by atoms with Crippen LogP contribution in [0.25, 0.3) is 0 Å². The average molecular weight is 206 g/mol. The maximum Gasteiger partial charge on any atom is 0.154 e. The molecule has 0 amide bonds. The number of hydrogen-bond acceptors (Lipinski definition) is 2. The summed E-state index contributed by atoms with van der Waals surface area (Å²) in [4.78, 5) is 0. The van der Waals surface area contributed by atoms with Crippen molar-refractivity contribution in [1.29, 1.82) is 5.41 Å². The van der Waals surface area contributed by atoms with Gasteiger partial charge in [-0.1, -0.05) is 41.6 Å². The Labute approximate surface area is 88.6 Å². The Kier molecular flexibility index (Phi) is 2.50. The molecule has 0 aromatic heterocycles. The molecule has 1 aliphatic rings. The summed E-state index contributed by atoms with van der Waals surface area (Å²) in [5, 5.41) is 11.7. The van der Waals surface area contributed by atoms with Crippen molar-refractivity contribution in [2.75, 3.05) is 0 Å². The Balaban J connectivity index is 2.23. The predicted molar refractivity (Wildman–Crippen MR) is 61.8 cm³/mol. The van der Waals surface area contributed by atoms with Crippen molar-refractivity contribution in [3.8, 4) is 0 Å². The normalized spacial score (nSPS) is 26.3. The summed E-state index contributed by atoms with van der Waals surface area (Å²) >= 11 is 1.60. The molecule has 0 radical (unpaired) electrons. The van der Waals surface area contributed by atoms with Crippen molar-refractivity contribution < 1.29 is 0 Å². The summed E-state index contributed by atoms with van der Waals surface area (Å²) < 4.78 is 0. The van der Waals surface area contributed by atoms with Gasteiger partial charge in [0.2, 0.25) is 0 Å². The minimum Gasteiger partial charge on any atom is -0.361 e. The van der Waals surface area contributed by atoms with Crippen LogP contribution in [-0.2, 0) is 0 Å². The van der Waals surface area contributed by atoms with Gasteiger partial charge in [0.05, 0.1) is 5.25 Å². The van der Waals surface area contributed by atoms with Crippen LogP contribution in [0.1, 0.15) is 23.3 Å². The quantitative estimate of drug-likeness (QED) is 0.741. The molecular formula is C11H14N2S. The Hall–Kier alpha value is -0.960. The van der Waals surface area contributed by atoms with Crippen LogP contribution in [0.2, 0.25) is 0 Å². The van der Waals surface area contributed by atoms with Crippen molar-refractivity contribution >= 4 is 16.9 Å². The van der Waals surface area contributed by atoms with Crippen LogP contribution in [0.5, 0.6) is 0 Å². The fraction of sp³-hybridized carbons (Fsp3) is 0.364. The number of thioether (sulfide) groups is 1. The third kappa shape index (κ3) is 1.77. The first-order valence-electron chi connectivity index (χ1n) is 4.75. The first kappa shape index (κ1) is 9.59. The molecule has 0 aliphatic carbocycles. The molecule has 0 unspecified atom stereocenters. The Morgan fingerprint density at radius 3 is 2.43 bits per heavy atom. The Bertz CT molecular complexity index is 345. The van der Waals surface area contributed by atoms with Gasteiger partial charge in [-0.3, -0.25) is 5.41 Å². The van der Waals surface area contributed by atoms with E-state index in [1.807, 2.05) is 0 Å². The van der Waals surface area contributed by atoms with E-state index in [-0.39, 0.29) is 0 Å². The molecule has 2 nitrogen and oxygen atoms in total. The van der Waals surface area contributed by atoms with E-state index in [1.54, 1.807) is 11.8 Å². The van der Waals surface area contributed by atoms with Crippen LogP contribution in [0.4, 0.5) is 0 Å². The molecule has 1 aromatic rings. The lowest BCUT2D eigenvalue weighted by molar-refractivity contribution is 0.669. The van der Waals surface area contributed by atoms with E-state index in [1.165, 1.54) is 11.1 Å². The lowest BCUT2D eigenvalue weighted by atomic mass is 10.1. The van der Waals surface area contributed by atoms with E-state index >= 15 is 0 Å². The minimum atomic E-state index is 0.357. The standard InChI is InChI=1S/C11H14N2S/c1-7-3-5-9(6-4-7)10-8(2)13-11(12)14-10/h3-6,8,10H,1-2H3,(H2,12,13)/t8-,10+/m0/s1. The van der Waals surface area contributed by atoms with E-state index in [0.29, 0.717) is 16.5 Å². The van der Waals surface area contributed by atoms with Gasteiger partial charge < -0.3 is 5.32 Å². The zero-order valence-electron chi connectivity index (χ0n) is 8.37. The zero-order chi connectivity index (χ0) is 10.1. The molecule has 1 aromatic carbocycles. The van der Waals surface area contributed by atoms with Crippen LogP contribution in [-0.4, -0.2) is 11.2 Å². The molecule has 1 heterocycles. The molecule has 2 atom stereocenters. The maximum absolute atomic E-state index is 7.55. The van der Waals surface area contributed by atoms with Gasteiger partial charge in [-0.2, -0.15) is 0 Å². The lowest BCUT2D eigenvalue weighted by Gasteiger charge is -2.13. The summed E-state index contributed by atoms with van der Waals surface area (Å²) in [5.74, 6) is 0. The largest absolute Gasteiger partial charge is 0.361 e. The molecule has 2 rings (SSSR count). The SMILES string of the molecule is Cc1ccc([C@@H]2SC(=N)N[C@H]2C)cc1. The summed E-state index contributed by atoms with van der Waals surface area (Å²) in [6.07, 6.45) is 0. The Morgan fingerprint density at radius 2 is 1.93 bits per heavy atom. The van der Waals surface area contributed by atoms with Crippen molar-refractivity contribution in [2.24, 2.45) is 0 Å². The second kappa shape index (κ2) is 3.65. The van der Waals surface area contributed by atoms with Crippen LogP contribution in [0.15, 0.2) is 24.3 Å². The first-order valence-corrected chi connectivity index (χ1v) is 5.63. The second-order valence-electron chi connectivity index (χ2n) is 3.71. The molecule has 1 fully saturated rings. The van der Waals surface area contributed by atoms with E-state index in [4.69, 9.17) is 5.41 Å². The summed E-state index contributed by atoms with van der Waals surface area (Å²) in [6.45, 7) is 4.22. The van der Waals surface area contributed by atoms with E-state index in [9.17, 15) is 0 Å². The van der Waals surface area contributed by atoms with Crippen molar-refractivity contribution in [1.82, 2.24) is 5.32 Å². The number of hydrogen-bond donors (Lipinski definition) is 2. The third-order valence-corrected chi connectivity index (χ3v) is 3.75. The van der Waals surface area contributed by atoms with E-state index in [2.05, 4.69) is 43.4 Å². The van der Waals surface area contributed by atoms with Gasteiger partial charge in [-0.05, 0) is 19.4 Å². The third-order valence-electron chi connectivity index (χ3n) is 2.46. The highest BCUT2D eigenvalue weighted by Crippen LogP contribution is 2.36. The van der Waals surface area contributed by atoms with Crippen LogP contribution in [0.3, 0.4) is 0 Å². The van der Waals surface area contributed by atoms with Gasteiger partial charge in [-0.25, -0.2) is 0 Å². The average Bonchev–Trinajstić information content (AvgIpc) is 2.47. The number of nitrogens with one attached hydrogen (secondary N) is 2. The maximum atomic E-state index is 7.55. The topological polar surface area (TPSA) is 35.9 Å². The number of benzene rings is 1. The van der Waals surface area contributed by atoms with Gasteiger partial charge in [0.1, 0.15) is 0 Å². The highest BCUT2D eigenvalue weighted by atomic mass is 32.2. The molecule has 0 bridgehead atoms. The molecule has 74 valence electrons. The smallest absolute Gasteiger partial charge is 0.154 e. The molecule has 14 heavy (non-hydrogen) atoms. The summed E-state index contributed by atoms with van der Waals surface area (Å²) in [5.41, 5.74) is 2.59. The Morgan fingerprint density at radius 1 is 1.29 bits per heavy atom. The number of amidine groups is 1. The fourth-order valence-electron chi connectivity index (χ4n) is 1.66. The van der Waals surface area contributed by atoms with Gasteiger partial charge in [0, 0.05) is 6.04 Å². The van der Waals surface area contributed by atoms with Gasteiger partial charge in [0.15, 0.2) is 5.17 Å². The minimum absolute atomic E-state index is 0.357. The van der Waals surface area contributed by atoms with E-state index < -0.39 is 0 Å². The molecule has 1 aliphatic heterocycles. The molecular weight excluding hydrogens is 192 g/mol. The van der Waals surface area contributed by atoms with Crippen LogP contribution < -0.4 is 5.32 Å². The number of aryl methyl sites for hydroxylation is 1. The molecule has 1 saturated heterocycles. The van der Waals surface area contributed by atoms with Crippen molar-refractivity contribution in [3.05, 3.63) is 35.4 Å². The fourth-order valence-corrected chi connectivity index (χ4v) is 2.73. The summed E-state index contributed by atoms with van der Waals surface area (Å²) in [6, 6.07) is 8.93. The molecule has 0 spiro atoms. The zero-order valence-corrected chi connectivity index (χ0v) is 9.19. The molecule has 2 N–H and O–H groups in total. The van der Waals surface area contributed by atoms with Crippen LogP contribution >= 0.6 is 11.8 Å². The van der Waals surface area contributed by atoms with Gasteiger partial charge in [-0.15, -0.1) is 0 Å². The molecule has 3 heteroatoms. The van der Waals surface area contributed by atoms with Crippen LogP contribution in [0, 0.1) is 12.3 Å².